The lowest BCUT2D eigenvalue weighted by atomic mass is 10.1. The van der Waals surface area contributed by atoms with Crippen LogP contribution >= 0.6 is 0 Å². The predicted octanol–water partition coefficient (Wildman–Crippen LogP) is 3.87. The molecule has 0 atom stereocenters. The SMILES string of the molecule is CCc1cccc(C)c1NC(=O)N1CCN(c2ccc(NC(C)=O)cc2)CC1. The highest BCUT2D eigenvalue weighted by Crippen LogP contribution is 2.23. The molecule has 1 saturated heterocycles. The number of rotatable bonds is 4. The van der Waals surface area contributed by atoms with Crippen molar-refractivity contribution in [3.05, 3.63) is 53.6 Å². The smallest absolute Gasteiger partial charge is 0.321 e. The van der Waals surface area contributed by atoms with Gasteiger partial charge in [-0.25, -0.2) is 4.79 Å². The second-order valence-corrected chi connectivity index (χ2v) is 7.09. The van der Waals surface area contributed by atoms with Gasteiger partial charge >= 0.3 is 6.03 Å². The summed E-state index contributed by atoms with van der Waals surface area (Å²) in [4.78, 5) is 28.0. The number of nitrogens with zero attached hydrogens (tertiary/aromatic N) is 2. The third kappa shape index (κ3) is 4.63. The van der Waals surface area contributed by atoms with Gasteiger partial charge in [0, 0.05) is 50.2 Å². The van der Waals surface area contributed by atoms with E-state index in [1.807, 2.05) is 48.2 Å². The van der Waals surface area contributed by atoms with Gasteiger partial charge in [0.15, 0.2) is 0 Å². The molecule has 1 fully saturated rings. The van der Waals surface area contributed by atoms with Gasteiger partial charge in [0.1, 0.15) is 0 Å². The fourth-order valence-corrected chi connectivity index (χ4v) is 3.51. The fourth-order valence-electron chi connectivity index (χ4n) is 3.51. The molecule has 6 heteroatoms. The lowest BCUT2D eigenvalue weighted by molar-refractivity contribution is -0.114. The van der Waals surface area contributed by atoms with Crippen LogP contribution in [0.2, 0.25) is 0 Å². The summed E-state index contributed by atoms with van der Waals surface area (Å²) in [7, 11) is 0. The maximum Gasteiger partial charge on any atom is 0.321 e. The molecule has 148 valence electrons. The Kier molecular flexibility index (Phi) is 6.19. The molecule has 0 spiro atoms. The molecule has 28 heavy (non-hydrogen) atoms. The first-order valence-corrected chi connectivity index (χ1v) is 9.75. The van der Waals surface area contributed by atoms with Gasteiger partial charge in [-0.3, -0.25) is 4.79 Å². The van der Waals surface area contributed by atoms with Crippen LogP contribution in [0, 0.1) is 6.92 Å². The summed E-state index contributed by atoms with van der Waals surface area (Å²) in [5, 5.41) is 5.88. The summed E-state index contributed by atoms with van der Waals surface area (Å²) in [6.07, 6.45) is 0.888. The van der Waals surface area contributed by atoms with Crippen LogP contribution in [0.15, 0.2) is 42.5 Å². The van der Waals surface area contributed by atoms with E-state index in [-0.39, 0.29) is 11.9 Å². The molecule has 3 amide bonds. The normalized spacial score (nSPS) is 14.0. The standard InChI is InChI=1S/C22H28N4O2/c1-4-18-7-5-6-16(2)21(18)24-22(28)26-14-12-25(13-15-26)20-10-8-19(9-11-20)23-17(3)27/h5-11H,4,12-15H2,1-3H3,(H,23,27)(H,24,28). The van der Waals surface area contributed by atoms with Crippen LogP contribution in [0.3, 0.4) is 0 Å². The number of benzene rings is 2. The fraction of sp³-hybridized carbons (Fsp3) is 0.364. The molecule has 2 aromatic carbocycles. The molecular formula is C22H28N4O2. The molecule has 3 rings (SSSR count). The number of urea groups is 1. The molecule has 1 heterocycles. The molecular weight excluding hydrogens is 352 g/mol. The quantitative estimate of drug-likeness (QED) is 0.846. The Morgan fingerprint density at radius 1 is 0.964 bits per heavy atom. The summed E-state index contributed by atoms with van der Waals surface area (Å²) < 4.78 is 0. The Bertz CT molecular complexity index is 840. The third-order valence-electron chi connectivity index (χ3n) is 5.09. The minimum absolute atomic E-state index is 0.0374. The Morgan fingerprint density at radius 3 is 2.25 bits per heavy atom. The largest absolute Gasteiger partial charge is 0.368 e. The molecule has 2 aromatic rings. The number of para-hydroxylation sites is 1. The average molecular weight is 380 g/mol. The van der Waals surface area contributed by atoms with Crippen LogP contribution in [-0.4, -0.2) is 43.0 Å². The molecule has 0 aromatic heterocycles. The van der Waals surface area contributed by atoms with Gasteiger partial charge < -0.3 is 20.4 Å². The van der Waals surface area contributed by atoms with E-state index in [0.29, 0.717) is 13.1 Å². The summed E-state index contributed by atoms with van der Waals surface area (Å²) >= 11 is 0. The van der Waals surface area contributed by atoms with Crippen molar-refractivity contribution in [2.45, 2.75) is 27.2 Å². The minimum Gasteiger partial charge on any atom is -0.368 e. The van der Waals surface area contributed by atoms with Gasteiger partial charge in [-0.15, -0.1) is 0 Å². The molecule has 0 bridgehead atoms. The number of nitrogens with one attached hydrogen (secondary N) is 2. The van der Waals surface area contributed by atoms with E-state index in [1.54, 1.807) is 0 Å². The zero-order valence-electron chi connectivity index (χ0n) is 16.8. The van der Waals surface area contributed by atoms with Crippen LogP contribution in [0.25, 0.3) is 0 Å². The van der Waals surface area contributed by atoms with E-state index in [4.69, 9.17) is 0 Å². The van der Waals surface area contributed by atoms with E-state index in [1.165, 1.54) is 6.92 Å². The van der Waals surface area contributed by atoms with Gasteiger partial charge in [0.05, 0.1) is 0 Å². The third-order valence-corrected chi connectivity index (χ3v) is 5.09. The van der Waals surface area contributed by atoms with Gasteiger partial charge in [0.25, 0.3) is 0 Å². The van der Waals surface area contributed by atoms with Gasteiger partial charge in [0.2, 0.25) is 5.91 Å². The molecule has 0 radical (unpaired) electrons. The number of anilines is 3. The lowest BCUT2D eigenvalue weighted by Crippen LogP contribution is -2.50. The first-order valence-electron chi connectivity index (χ1n) is 9.75. The molecule has 6 nitrogen and oxygen atoms in total. The number of hydrogen-bond acceptors (Lipinski definition) is 3. The lowest BCUT2D eigenvalue weighted by Gasteiger charge is -2.36. The van der Waals surface area contributed by atoms with Crippen LogP contribution < -0.4 is 15.5 Å². The van der Waals surface area contributed by atoms with Crippen molar-refractivity contribution >= 4 is 29.0 Å². The van der Waals surface area contributed by atoms with Crippen LogP contribution in [0.1, 0.15) is 25.0 Å². The van der Waals surface area contributed by atoms with E-state index in [9.17, 15) is 9.59 Å². The maximum atomic E-state index is 12.7. The first-order chi connectivity index (χ1) is 13.5. The predicted molar refractivity (Wildman–Crippen MR) is 114 cm³/mol. The average Bonchev–Trinajstić information content (AvgIpc) is 2.69. The zero-order chi connectivity index (χ0) is 20.1. The van der Waals surface area contributed by atoms with Crippen molar-refractivity contribution in [3.63, 3.8) is 0 Å². The first kappa shape index (κ1) is 19.7. The Morgan fingerprint density at radius 2 is 1.64 bits per heavy atom. The molecule has 0 saturated carbocycles. The van der Waals surface area contributed by atoms with Crippen molar-refractivity contribution < 1.29 is 9.59 Å². The molecule has 0 unspecified atom stereocenters. The number of carbonyl (C=O) groups is 2. The van der Waals surface area contributed by atoms with Gasteiger partial charge in [-0.05, 0) is 48.7 Å². The van der Waals surface area contributed by atoms with Crippen LogP contribution in [-0.2, 0) is 11.2 Å². The van der Waals surface area contributed by atoms with E-state index < -0.39 is 0 Å². The van der Waals surface area contributed by atoms with Crippen molar-refractivity contribution in [3.8, 4) is 0 Å². The molecule has 1 aliphatic rings. The van der Waals surface area contributed by atoms with Crippen molar-refractivity contribution in [1.82, 2.24) is 4.90 Å². The highest BCUT2D eigenvalue weighted by Gasteiger charge is 2.22. The number of piperazine rings is 1. The van der Waals surface area contributed by atoms with E-state index in [0.717, 1.165) is 47.7 Å². The van der Waals surface area contributed by atoms with Gasteiger partial charge in [-0.2, -0.15) is 0 Å². The second-order valence-electron chi connectivity index (χ2n) is 7.09. The summed E-state index contributed by atoms with van der Waals surface area (Å²) in [6, 6.07) is 13.9. The topological polar surface area (TPSA) is 64.7 Å². The summed E-state index contributed by atoms with van der Waals surface area (Å²) in [5.74, 6) is -0.0766. The Balaban J connectivity index is 1.58. The van der Waals surface area contributed by atoms with Crippen molar-refractivity contribution in [1.29, 1.82) is 0 Å². The summed E-state index contributed by atoms with van der Waals surface area (Å²) in [6.45, 7) is 8.53. The molecule has 1 aliphatic heterocycles. The van der Waals surface area contributed by atoms with Crippen molar-refractivity contribution in [2.75, 3.05) is 41.7 Å². The van der Waals surface area contributed by atoms with Crippen LogP contribution in [0.4, 0.5) is 21.9 Å². The Hall–Kier alpha value is -3.02. The highest BCUT2D eigenvalue weighted by atomic mass is 16.2. The minimum atomic E-state index is -0.0766. The monoisotopic (exact) mass is 380 g/mol. The van der Waals surface area contributed by atoms with E-state index >= 15 is 0 Å². The number of aryl methyl sites for hydroxylation is 2. The molecule has 2 N–H and O–H groups in total. The van der Waals surface area contributed by atoms with Gasteiger partial charge in [-0.1, -0.05) is 25.1 Å². The van der Waals surface area contributed by atoms with Crippen LogP contribution in [0.5, 0.6) is 0 Å². The number of carbonyl (C=O) groups excluding carboxylic acids is 2. The molecule has 0 aliphatic carbocycles. The van der Waals surface area contributed by atoms with Crippen molar-refractivity contribution in [2.24, 2.45) is 0 Å². The highest BCUT2D eigenvalue weighted by molar-refractivity contribution is 5.91. The second kappa shape index (κ2) is 8.78. The Labute approximate surface area is 166 Å². The summed E-state index contributed by atoms with van der Waals surface area (Å²) in [5.41, 5.74) is 5.07. The van der Waals surface area contributed by atoms with E-state index in [2.05, 4.69) is 28.5 Å². The maximum absolute atomic E-state index is 12.7. The number of amides is 3. The zero-order valence-corrected chi connectivity index (χ0v) is 16.8. The number of hydrogen-bond donors (Lipinski definition) is 2.